The molecule has 0 saturated heterocycles. The molecule has 0 atom stereocenters. The Morgan fingerprint density at radius 2 is 1.88 bits per heavy atom. The first-order valence-electron chi connectivity index (χ1n) is 7.78. The van der Waals surface area contributed by atoms with Gasteiger partial charge in [-0.1, -0.05) is 42.0 Å². The number of fused-ring (bicyclic) bond motifs is 1. The number of imidazole rings is 2. The second kappa shape index (κ2) is 6.37. The summed E-state index contributed by atoms with van der Waals surface area (Å²) in [7, 11) is 0. The summed E-state index contributed by atoms with van der Waals surface area (Å²) in [6.07, 6.45) is 0.287. The fourth-order valence-electron chi connectivity index (χ4n) is 2.81. The van der Waals surface area contributed by atoms with Crippen LogP contribution in [0.1, 0.15) is 0 Å². The van der Waals surface area contributed by atoms with Crippen LogP contribution in [-0.2, 0) is 6.54 Å². The number of hydrogen-bond acceptors (Lipinski definition) is 3. The predicted octanol–water partition coefficient (Wildman–Crippen LogP) is 4.08. The lowest BCUT2D eigenvalue weighted by Crippen LogP contribution is -2.08. The van der Waals surface area contributed by atoms with Gasteiger partial charge in [0.05, 0.1) is 30.5 Å². The van der Waals surface area contributed by atoms with Gasteiger partial charge in [0, 0.05) is 11.6 Å². The van der Waals surface area contributed by atoms with E-state index >= 15 is 0 Å². The van der Waals surface area contributed by atoms with Crippen molar-refractivity contribution < 1.29 is 8.78 Å². The first-order chi connectivity index (χ1) is 12.7. The molecule has 3 aromatic heterocycles. The third-order valence-electron chi connectivity index (χ3n) is 3.92. The Kier molecular flexibility index (Phi) is 3.89. The van der Waals surface area contributed by atoms with Gasteiger partial charge in [-0.05, 0) is 6.07 Å². The molecule has 0 aliphatic carbocycles. The first kappa shape index (κ1) is 15.9. The minimum Gasteiger partial charge on any atom is -0.360 e. The molecule has 4 rings (SSSR count). The zero-order valence-electron chi connectivity index (χ0n) is 13.4. The summed E-state index contributed by atoms with van der Waals surface area (Å²) >= 11 is 0. The van der Waals surface area contributed by atoms with Crippen LogP contribution in [0, 0.1) is 6.57 Å². The number of benzene rings is 1. The summed E-state index contributed by atoms with van der Waals surface area (Å²) in [5.41, 5.74) is 2.79. The highest BCUT2D eigenvalue weighted by Gasteiger charge is 2.20. The third kappa shape index (κ3) is 2.69. The van der Waals surface area contributed by atoms with Crippen LogP contribution < -0.4 is 0 Å². The van der Waals surface area contributed by atoms with Crippen LogP contribution in [0.4, 0.5) is 14.6 Å². The molecular weight excluding hydrogens is 338 g/mol. The van der Waals surface area contributed by atoms with Crippen LogP contribution in [0.2, 0.25) is 0 Å². The molecule has 0 bridgehead atoms. The molecule has 4 aromatic rings. The van der Waals surface area contributed by atoms with E-state index in [4.69, 9.17) is 6.57 Å². The first-order valence-corrected chi connectivity index (χ1v) is 7.78. The van der Waals surface area contributed by atoms with E-state index in [2.05, 4.69) is 19.9 Å². The van der Waals surface area contributed by atoms with Crippen molar-refractivity contribution in [1.29, 1.82) is 0 Å². The average Bonchev–Trinajstić information content (AvgIpc) is 3.25. The maximum Gasteiger partial charge on any atom is 0.275 e. The zero-order valence-corrected chi connectivity index (χ0v) is 13.4. The van der Waals surface area contributed by atoms with Gasteiger partial charge in [-0.2, -0.15) is 0 Å². The maximum atomic E-state index is 13.0. The number of nitrogens with zero attached hydrogens (tertiary/aromatic N) is 6. The molecule has 26 heavy (non-hydrogen) atoms. The summed E-state index contributed by atoms with van der Waals surface area (Å²) in [6.45, 7) is 6.71. The molecule has 0 N–H and O–H groups in total. The van der Waals surface area contributed by atoms with Crippen LogP contribution in [-0.4, -0.2) is 30.6 Å². The van der Waals surface area contributed by atoms with Crippen LogP contribution in [0.25, 0.3) is 33.1 Å². The Morgan fingerprint density at radius 3 is 2.62 bits per heavy atom. The van der Waals surface area contributed by atoms with Crippen LogP contribution >= 0.6 is 0 Å². The standard InChI is InChI=1S/C18H12F2N6/c1-21-16-9-22-15-8-7-13(24-26(15)16)18-17(12-5-3-2-4-6-12)23-11-25(18)10-14(19)20/h2-9,11,14H,10H2. The largest absolute Gasteiger partial charge is 0.360 e. The Morgan fingerprint density at radius 1 is 1.08 bits per heavy atom. The van der Waals surface area contributed by atoms with E-state index in [0.717, 1.165) is 5.56 Å². The van der Waals surface area contributed by atoms with E-state index < -0.39 is 13.0 Å². The number of alkyl halides is 2. The lowest BCUT2D eigenvalue weighted by Gasteiger charge is -2.09. The quantitative estimate of drug-likeness (QED) is 0.521. The normalized spacial score (nSPS) is 11.2. The summed E-state index contributed by atoms with van der Waals surface area (Å²) < 4.78 is 28.8. The number of hydrogen-bond donors (Lipinski definition) is 0. The maximum absolute atomic E-state index is 13.0. The van der Waals surface area contributed by atoms with Crippen molar-refractivity contribution in [2.45, 2.75) is 13.0 Å². The molecule has 0 fully saturated rings. The molecule has 3 heterocycles. The van der Waals surface area contributed by atoms with Gasteiger partial charge in [-0.3, -0.25) is 0 Å². The molecule has 0 aliphatic heterocycles. The molecule has 0 amide bonds. The predicted molar refractivity (Wildman–Crippen MR) is 91.9 cm³/mol. The van der Waals surface area contributed by atoms with Crippen LogP contribution in [0.5, 0.6) is 0 Å². The molecular formula is C18H12F2N6. The highest BCUT2D eigenvalue weighted by molar-refractivity contribution is 5.77. The SMILES string of the molecule is [C-]#[N+]c1cnc2ccc(-c3c(-c4ccccc4)ncn3CC(F)F)nn12. The second-order valence-corrected chi connectivity index (χ2v) is 5.57. The molecule has 0 spiro atoms. The summed E-state index contributed by atoms with van der Waals surface area (Å²) in [5, 5.41) is 4.44. The van der Waals surface area contributed by atoms with Gasteiger partial charge < -0.3 is 9.41 Å². The fraction of sp³-hybridized carbons (Fsp3) is 0.111. The van der Waals surface area contributed by atoms with E-state index in [0.29, 0.717) is 22.7 Å². The molecule has 8 heteroatoms. The topological polar surface area (TPSA) is 52.4 Å². The number of halogens is 2. The summed E-state index contributed by atoms with van der Waals surface area (Å²) in [6, 6.07) is 12.7. The molecule has 128 valence electrons. The summed E-state index contributed by atoms with van der Waals surface area (Å²) in [4.78, 5) is 11.8. The lowest BCUT2D eigenvalue weighted by atomic mass is 10.1. The van der Waals surface area contributed by atoms with E-state index in [1.807, 2.05) is 30.3 Å². The van der Waals surface area contributed by atoms with Gasteiger partial charge >= 0.3 is 0 Å². The molecule has 0 aliphatic rings. The highest BCUT2D eigenvalue weighted by Crippen LogP contribution is 2.31. The van der Waals surface area contributed by atoms with Gasteiger partial charge in [0.25, 0.3) is 12.2 Å². The Bertz CT molecular complexity index is 1110. The van der Waals surface area contributed by atoms with Gasteiger partial charge in [-0.25, -0.2) is 18.7 Å². The molecule has 0 unspecified atom stereocenters. The van der Waals surface area contributed by atoms with E-state index in [9.17, 15) is 8.78 Å². The fourth-order valence-corrected chi connectivity index (χ4v) is 2.81. The number of aromatic nitrogens is 5. The van der Waals surface area contributed by atoms with Crippen LogP contribution in [0.3, 0.4) is 0 Å². The monoisotopic (exact) mass is 350 g/mol. The Balaban J connectivity index is 1.94. The average molecular weight is 350 g/mol. The molecule has 0 saturated carbocycles. The second-order valence-electron chi connectivity index (χ2n) is 5.57. The zero-order chi connectivity index (χ0) is 18.1. The van der Waals surface area contributed by atoms with Crippen LogP contribution in [0.15, 0.2) is 55.0 Å². The lowest BCUT2D eigenvalue weighted by molar-refractivity contribution is 0.127. The third-order valence-corrected chi connectivity index (χ3v) is 3.92. The van der Waals surface area contributed by atoms with Gasteiger partial charge in [-0.15, -0.1) is 4.52 Å². The van der Waals surface area contributed by atoms with Crippen molar-refractivity contribution in [2.75, 3.05) is 0 Å². The van der Waals surface area contributed by atoms with E-state index in [1.54, 1.807) is 12.1 Å². The van der Waals surface area contributed by atoms with Gasteiger partial charge in [0.1, 0.15) is 5.69 Å². The van der Waals surface area contributed by atoms with E-state index in [1.165, 1.54) is 21.6 Å². The molecule has 1 aromatic carbocycles. The van der Waals surface area contributed by atoms with Crippen molar-refractivity contribution in [3.05, 3.63) is 66.4 Å². The Hall–Kier alpha value is -3.60. The van der Waals surface area contributed by atoms with Crippen molar-refractivity contribution in [1.82, 2.24) is 24.1 Å². The van der Waals surface area contributed by atoms with Gasteiger partial charge in [0.15, 0.2) is 0 Å². The smallest absolute Gasteiger partial charge is 0.275 e. The van der Waals surface area contributed by atoms with E-state index in [-0.39, 0.29) is 5.82 Å². The molecule has 6 nitrogen and oxygen atoms in total. The van der Waals surface area contributed by atoms with Gasteiger partial charge in [0.2, 0.25) is 5.65 Å². The van der Waals surface area contributed by atoms with Crippen molar-refractivity contribution in [3.63, 3.8) is 0 Å². The highest BCUT2D eigenvalue weighted by atomic mass is 19.3. The Labute approximate surface area is 147 Å². The van der Waals surface area contributed by atoms with Crippen molar-refractivity contribution >= 4 is 11.5 Å². The minimum absolute atomic E-state index is 0.253. The summed E-state index contributed by atoms with van der Waals surface area (Å²) in [5.74, 6) is 0.253. The number of rotatable bonds is 4. The minimum atomic E-state index is -2.53. The molecule has 0 radical (unpaired) electrons. The van der Waals surface area contributed by atoms with Crippen molar-refractivity contribution in [2.24, 2.45) is 0 Å². The van der Waals surface area contributed by atoms with Crippen molar-refractivity contribution in [3.8, 4) is 22.6 Å².